The number of methoxy groups -OCH3 is 2. The Balaban J connectivity index is 2.00. The molecular weight excluding hydrogens is 332 g/mol. The van der Waals surface area contributed by atoms with Crippen LogP contribution in [0.4, 0.5) is 0 Å². The smallest absolute Gasteiger partial charge is 0.213 e. The molecule has 2 rings (SSSR count). The van der Waals surface area contributed by atoms with Gasteiger partial charge in [0.05, 0.1) is 18.7 Å². The van der Waals surface area contributed by atoms with E-state index in [1.54, 1.807) is 20.4 Å². The number of benzene rings is 1. The lowest BCUT2D eigenvalue weighted by atomic mass is 10.1. The van der Waals surface area contributed by atoms with Crippen LogP contribution in [-0.2, 0) is 6.54 Å². The Morgan fingerprint density at radius 2 is 2.00 bits per heavy atom. The SMILES string of the molecule is COc1cc(CNC(C)c2ccc(OC)c(Br)c2)ccn1. The van der Waals surface area contributed by atoms with Crippen LogP contribution >= 0.6 is 15.9 Å². The maximum Gasteiger partial charge on any atom is 0.213 e. The minimum Gasteiger partial charge on any atom is -0.496 e. The second-order valence-corrected chi connectivity index (χ2v) is 5.56. The molecule has 1 heterocycles. The lowest BCUT2D eigenvalue weighted by molar-refractivity contribution is 0.397. The van der Waals surface area contributed by atoms with Crippen molar-refractivity contribution in [3.63, 3.8) is 0 Å². The zero-order chi connectivity index (χ0) is 15.2. The molecule has 1 N–H and O–H groups in total. The van der Waals surface area contributed by atoms with Gasteiger partial charge in [-0.25, -0.2) is 4.98 Å². The van der Waals surface area contributed by atoms with Crippen molar-refractivity contribution in [3.05, 3.63) is 52.1 Å². The van der Waals surface area contributed by atoms with Crippen LogP contribution in [0.3, 0.4) is 0 Å². The maximum absolute atomic E-state index is 5.25. The molecule has 5 heteroatoms. The van der Waals surface area contributed by atoms with E-state index in [1.807, 2.05) is 18.2 Å². The molecule has 4 nitrogen and oxygen atoms in total. The van der Waals surface area contributed by atoms with Gasteiger partial charge in [0.25, 0.3) is 0 Å². The Morgan fingerprint density at radius 3 is 2.67 bits per heavy atom. The molecule has 0 amide bonds. The number of aromatic nitrogens is 1. The zero-order valence-electron chi connectivity index (χ0n) is 12.4. The molecule has 0 saturated carbocycles. The molecule has 0 fully saturated rings. The molecule has 1 aromatic heterocycles. The third-order valence-electron chi connectivity index (χ3n) is 3.30. The molecule has 2 aromatic rings. The fraction of sp³-hybridized carbons (Fsp3) is 0.312. The summed E-state index contributed by atoms with van der Waals surface area (Å²) >= 11 is 3.51. The number of nitrogens with zero attached hydrogens (tertiary/aromatic N) is 1. The van der Waals surface area contributed by atoms with Crippen molar-refractivity contribution in [1.29, 1.82) is 0 Å². The summed E-state index contributed by atoms with van der Waals surface area (Å²) in [6, 6.07) is 10.2. The molecule has 0 aliphatic rings. The Labute approximate surface area is 133 Å². The summed E-state index contributed by atoms with van der Waals surface area (Å²) in [7, 11) is 3.29. The van der Waals surface area contributed by atoms with Crippen LogP contribution in [0.25, 0.3) is 0 Å². The van der Waals surface area contributed by atoms with Crippen LogP contribution in [0.15, 0.2) is 41.0 Å². The highest BCUT2D eigenvalue weighted by atomic mass is 79.9. The van der Waals surface area contributed by atoms with Crippen LogP contribution in [0, 0.1) is 0 Å². The summed E-state index contributed by atoms with van der Waals surface area (Å²) in [6.07, 6.45) is 1.75. The molecule has 1 atom stereocenters. The van der Waals surface area contributed by atoms with Crippen molar-refractivity contribution < 1.29 is 9.47 Å². The quantitative estimate of drug-likeness (QED) is 0.862. The van der Waals surface area contributed by atoms with E-state index in [2.05, 4.69) is 45.3 Å². The Bertz CT molecular complexity index is 605. The molecule has 1 unspecified atom stereocenters. The fourth-order valence-corrected chi connectivity index (χ4v) is 2.57. The summed E-state index contributed by atoms with van der Waals surface area (Å²) in [5, 5.41) is 3.49. The van der Waals surface area contributed by atoms with Crippen LogP contribution in [0.5, 0.6) is 11.6 Å². The van der Waals surface area contributed by atoms with Gasteiger partial charge in [0.15, 0.2) is 0 Å². The van der Waals surface area contributed by atoms with Gasteiger partial charge in [0.1, 0.15) is 5.75 Å². The second-order valence-electron chi connectivity index (χ2n) is 4.70. The summed E-state index contributed by atoms with van der Waals surface area (Å²) in [6.45, 7) is 2.89. The number of pyridine rings is 1. The summed E-state index contributed by atoms with van der Waals surface area (Å²) in [5.74, 6) is 1.47. The number of rotatable bonds is 6. The molecule has 21 heavy (non-hydrogen) atoms. The van der Waals surface area contributed by atoms with Crippen molar-refractivity contribution in [3.8, 4) is 11.6 Å². The van der Waals surface area contributed by atoms with Gasteiger partial charge in [0, 0.05) is 24.8 Å². The van der Waals surface area contributed by atoms with Crippen LogP contribution in [-0.4, -0.2) is 19.2 Å². The average molecular weight is 351 g/mol. The number of nitrogens with one attached hydrogen (secondary N) is 1. The van der Waals surface area contributed by atoms with Crippen molar-refractivity contribution >= 4 is 15.9 Å². The third-order valence-corrected chi connectivity index (χ3v) is 3.92. The minimum atomic E-state index is 0.228. The molecule has 0 bridgehead atoms. The van der Waals surface area contributed by atoms with Gasteiger partial charge in [-0.1, -0.05) is 6.07 Å². The third kappa shape index (κ3) is 4.19. The van der Waals surface area contributed by atoms with Gasteiger partial charge in [-0.3, -0.25) is 0 Å². The fourth-order valence-electron chi connectivity index (χ4n) is 2.01. The van der Waals surface area contributed by atoms with E-state index in [9.17, 15) is 0 Å². The first-order chi connectivity index (χ1) is 10.1. The van der Waals surface area contributed by atoms with Gasteiger partial charge < -0.3 is 14.8 Å². The summed E-state index contributed by atoms with van der Waals surface area (Å²) in [5.41, 5.74) is 2.34. The van der Waals surface area contributed by atoms with E-state index >= 15 is 0 Å². The highest BCUT2D eigenvalue weighted by molar-refractivity contribution is 9.10. The summed E-state index contributed by atoms with van der Waals surface area (Å²) < 4.78 is 11.3. The number of hydrogen-bond donors (Lipinski definition) is 1. The highest BCUT2D eigenvalue weighted by Crippen LogP contribution is 2.28. The molecule has 1 aromatic carbocycles. The van der Waals surface area contributed by atoms with Crippen molar-refractivity contribution in [2.75, 3.05) is 14.2 Å². The van der Waals surface area contributed by atoms with Crippen molar-refractivity contribution in [2.24, 2.45) is 0 Å². The van der Waals surface area contributed by atoms with E-state index in [4.69, 9.17) is 9.47 Å². The molecule has 0 radical (unpaired) electrons. The normalized spacial score (nSPS) is 12.0. The van der Waals surface area contributed by atoms with Crippen LogP contribution in [0.1, 0.15) is 24.1 Å². The topological polar surface area (TPSA) is 43.4 Å². The predicted molar refractivity (Wildman–Crippen MR) is 86.7 cm³/mol. The van der Waals surface area contributed by atoms with E-state index in [1.165, 1.54) is 5.56 Å². The van der Waals surface area contributed by atoms with Crippen LogP contribution < -0.4 is 14.8 Å². The first kappa shape index (κ1) is 15.8. The van der Waals surface area contributed by atoms with Gasteiger partial charge in [-0.15, -0.1) is 0 Å². The van der Waals surface area contributed by atoms with E-state index in [-0.39, 0.29) is 6.04 Å². The summed E-state index contributed by atoms with van der Waals surface area (Å²) in [4.78, 5) is 4.10. The lowest BCUT2D eigenvalue weighted by Gasteiger charge is -2.16. The monoisotopic (exact) mass is 350 g/mol. The van der Waals surface area contributed by atoms with Gasteiger partial charge in [-0.05, 0) is 52.2 Å². The average Bonchev–Trinajstić information content (AvgIpc) is 2.52. The van der Waals surface area contributed by atoms with E-state index in [0.717, 1.165) is 22.3 Å². The van der Waals surface area contributed by atoms with E-state index < -0.39 is 0 Å². The van der Waals surface area contributed by atoms with Gasteiger partial charge in [0.2, 0.25) is 5.88 Å². The molecular formula is C16H19BrN2O2. The molecule has 0 aliphatic carbocycles. The van der Waals surface area contributed by atoms with Crippen molar-refractivity contribution in [2.45, 2.75) is 19.5 Å². The number of halogens is 1. The maximum atomic E-state index is 5.25. The Kier molecular flexibility index (Phi) is 5.59. The lowest BCUT2D eigenvalue weighted by Crippen LogP contribution is -2.18. The number of ether oxygens (including phenoxy) is 2. The Morgan fingerprint density at radius 1 is 1.19 bits per heavy atom. The highest BCUT2D eigenvalue weighted by Gasteiger charge is 2.08. The molecule has 0 saturated heterocycles. The predicted octanol–water partition coefficient (Wildman–Crippen LogP) is 3.71. The Hall–Kier alpha value is -1.59. The second kappa shape index (κ2) is 7.43. The van der Waals surface area contributed by atoms with Crippen molar-refractivity contribution in [1.82, 2.24) is 10.3 Å². The molecule has 0 spiro atoms. The van der Waals surface area contributed by atoms with E-state index in [0.29, 0.717) is 5.88 Å². The number of hydrogen-bond acceptors (Lipinski definition) is 4. The van der Waals surface area contributed by atoms with Crippen LogP contribution in [0.2, 0.25) is 0 Å². The standard InChI is InChI=1S/C16H19BrN2O2/c1-11(13-4-5-15(20-2)14(17)9-13)19-10-12-6-7-18-16(8-12)21-3/h4-9,11,19H,10H2,1-3H3. The minimum absolute atomic E-state index is 0.228. The first-order valence-electron chi connectivity index (χ1n) is 6.69. The largest absolute Gasteiger partial charge is 0.496 e. The zero-order valence-corrected chi connectivity index (χ0v) is 14.0. The first-order valence-corrected chi connectivity index (χ1v) is 7.49. The molecule has 0 aliphatic heterocycles. The van der Waals surface area contributed by atoms with Gasteiger partial charge >= 0.3 is 0 Å². The molecule has 112 valence electrons. The van der Waals surface area contributed by atoms with Gasteiger partial charge in [-0.2, -0.15) is 0 Å².